The van der Waals surface area contributed by atoms with E-state index in [0.29, 0.717) is 12.3 Å². The van der Waals surface area contributed by atoms with E-state index >= 15 is 0 Å². The number of unbranched alkanes of at least 4 members (excludes halogenated alkanes) is 1. The largest absolute Gasteiger partial charge is 0.369 e. The molecule has 2 aromatic carbocycles. The third kappa shape index (κ3) is 9.48. The van der Waals surface area contributed by atoms with Crippen molar-refractivity contribution in [3.8, 4) is 0 Å². The highest BCUT2D eigenvalue weighted by atomic mass is 16.2. The maximum Gasteiger partial charge on any atom is 0.226 e. The van der Waals surface area contributed by atoms with E-state index < -0.39 is 0 Å². The standard InChI is InChI=1S/C25H33N3O.C3H8.C2H4O/c1-21-8-6-11-23(20-21)27-18-16-26(17-19-27)14-4-5-15-28-24-12-3-2-9-22(24)10-7-13-25(28)29;1-3-2;1-2-3/h2-3,6,8-9,11-12,20H,4-5,7,10,13-19H2,1H3;3H2,1-2H3;2H,1H3. The Labute approximate surface area is 213 Å². The average molecular weight is 480 g/mol. The van der Waals surface area contributed by atoms with Crippen LogP contribution in [-0.2, 0) is 16.0 Å². The molecule has 1 fully saturated rings. The summed E-state index contributed by atoms with van der Waals surface area (Å²) >= 11 is 0. The zero-order chi connectivity index (χ0) is 25.5. The number of aryl methyl sites for hydroxylation is 2. The SMILES string of the molecule is CC=O.CCC.Cc1cccc(N2CCN(CCCCN3C(=O)CCCc4ccccc43)CC2)c1. The van der Waals surface area contributed by atoms with Gasteiger partial charge in [0, 0.05) is 50.5 Å². The van der Waals surface area contributed by atoms with Gasteiger partial charge in [-0.1, -0.05) is 50.6 Å². The van der Waals surface area contributed by atoms with Crippen LogP contribution in [0.5, 0.6) is 0 Å². The number of hydrogen-bond donors (Lipinski definition) is 0. The number of nitrogens with zero attached hydrogens (tertiary/aromatic N) is 3. The van der Waals surface area contributed by atoms with Crippen LogP contribution in [-0.4, -0.2) is 56.4 Å². The molecule has 0 aromatic heterocycles. The van der Waals surface area contributed by atoms with E-state index in [1.807, 2.05) is 4.90 Å². The van der Waals surface area contributed by atoms with Crippen LogP contribution < -0.4 is 9.80 Å². The summed E-state index contributed by atoms with van der Waals surface area (Å²) < 4.78 is 0. The number of para-hydroxylation sites is 1. The second-order valence-electron chi connectivity index (χ2n) is 9.35. The second kappa shape index (κ2) is 16.1. The summed E-state index contributed by atoms with van der Waals surface area (Å²) in [7, 11) is 0. The van der Waals surface area contributed by atoms with E-state index in [9.17, 15) is 4.79 Å². The van der Waals surface area contributed by atoms with Crippen molar-refractivity contribution in [1.29, 1.82) is 0 Å². The van der Waals surface area contributed by atoms with Gasteiger partial charge in [0.2, 0.25) is 5.91 Å². The first-order valence-corrected chi connectivity index (χ1v) is 13.4. The molecule has 0 aliphatic carbocycles. The van der Waals surface area contributed by atoms with Gasteiger partial charge in [0.1, 0.15) is 6.29 Å². The molecule has 192 valence electrons. The monoisotopic (exact) mass is 479 g/mol. The van der Waals surface area contributed by atoms with Crippen LogP contribution in [0.15, 0.2) is 48.5 Å². The van der Waals surface area contributed by atoms with Crippen LogP contribution in [0.4, 0.5) is 11.4 Å². The molecule has 0 N–H and O–H groups in total. The maximum absolute atomic E-state index is 12.6. The summed E-state index contributed by atoms with van der Waals surface area (Å²) in [6.45, 7) is 14.3. The molecule has 2 aliphatic rings. The fourth-order valence-corrected chi connectivity index (χ4v) is 4.59. The molecule has 0 unspecified atom stereocenters. The molecular weight excluding hydrogens is 434 g/mol. The highest BCUT2D eigenvalue weighted by Crippen LogP contribution is 2.27. The van der Waals surface area contributed by atoms with Crippen LogP contribution in [0.3, 0.4) is 0 Å². The first kappa shape index (κ1) is 28.6. The number of rotatable bonds is 6. The van der Waals surface area contributed by atoms with Crippen LogP contribution in [0, 0.1) is 6.92 Å². The Hall–Kier alpha value is -2.66. The first-order chi connectivity index (χ1) is 17.0. The van der Waals surface area contributed by atoms with Gasteiger partial charge in [-0.05, 0) is 75.4 Å². The predicted octanol–water partition coefficient (Wildman–Crippen LogP) is 5.89. The van der Waals surface area contributed by atoms with Crippen molar-refractivity contribution in [2.75, 3.05) is 49.1 Å². The number of carbonyl (C=O) groups excluding carboxylic acids is 2. The molecular formula is C30H45N3O2. The quantitative estimate of drug-likeness (QED) is 0.383. The van der Waals surface area contributed by atoms with Gasteiger partial charge in [-0.2, -0.15) is 0 Å². The lowest BCUT2D eigenvalue weighted by Crippen LogP contribution is -2.46. The average Bonchev–Trinajstić information content (AvgIpc) is 3.01. The molecule has 2 aliphatic heterocycles. The van der Waals surface area contributed by atoms with Crippen molar-refractivity contribution >= 4 is 23.6 Å². The lowest BCUT2D eigenvalue weighted by atomic mass is 10.1. The Balaban J connectivity index is 0.000000655. The highest BCUT2D eigenvalue weighted by Gasteiger charge is 2.22. The zero-order valence-corrected chi connectivity index (χ0v) is 22.3. The Morgan fingerprint density at radius 3 is 2.23 bits per heavy atom. The minimum absolute atomic E-state index is 0.293. The number of amides is 1. The first-order valence-electron chi connectivity index (χ1n) is 13.4. The molecule has 0 saturated carbocycles. The summed E-state index contributed by atoms with van der Waals surface area (Å²) in [5.74, 6) is 0.293. The number of aldehydes is 1. The van der Waals surface area contributed by atoms with Gasteiger partial charge in [0.25, 0.3) is 0 Å². The Morgan fingerprint density at radius 2 is 1.54 bits per heavy atom. The fraction of sp³-hybridized carbons (Fsp3) is 0.533. The van der Waals surface area contributed by atoms with Crippen LogP contribution in [0.25, 0.3) is 0 Å². The summed E-state index contributed by atoms with van der Waals surface area (Å²) in [4.78, 5) is 28.5. The van der Waals surface area contributed by atoms with E-state index in [1.54, 1.807) is 0 Å². The van der Waals surface area contributed by atoms with Crippen LogP contribution in [0.2, 0.25) is 0 Å². The summed E-state index contributed by atoms with van der Waals surface area (Å²) in [5, 5.41) is 0. The van der Waals surface area contributed by atoms with Gasteiger partial charge in [-0.25, -0.2) is 0 Å². The van der Waals surface area contributed by atoms with Gasteiger partial charge >= 0.3 is 0 Å². The molecule has 0 spiro atoms. The van der Waals surface area contributed by atoms with E-state index in [-0.39, 0.29) is 0 Å². The van der Waals surface area contributed by atoms with E-state index in [2.05, 4.69) is 79.1 Å². The third-order valence-corrected chi connectivity index (χ3v) is 6.27. The van der Waals surface area contributed by atoms with Crippen molar-refractivity contribution in [2.24, 2.45) is 0 Å². The number of fused-ring (bicyclic) bond motifs is 1. The Kier molecular flexibility index (Phi) is 13.1. The zero-order valence-electron chi connectivity index (χ0n) is 22.3. The van der Waals surface area contributed by atoms with Gasteiger partial charge < -0.3 is 14.6 Å². The Morgan fingerprint density at radius 1 is 0.886 bits per heavy atom. The Bertz CT molecular complexity index is 891. The van der Waals surface area contributed by atoms with Crippen molar-refractivity contribution < 1.29 is 9.59 Å². The summed E-state index contributed by atoms with van der Waals surface area (Å²) in [6, 6.07) is 17.2. The maximum atomic E-state index is 12.6. The second-order valence-corrected chi connectivity index (χ2v) is 9.35. The number of piperazine rings is 1. The summed E-state index contributed by atoms with van der Waals surface area (Å²) in [5.41, 5.74) is 5.14. The fourth-order valence-electron chi connectivity index (χ4n) is 4.59. The molecule has 2 heterocycles. The molecule has 5 heteroatoms. The van der Waals surface area contributed by atoms with Gasteiger partial charge in [0.05, 0.1) is 0 Å². The van der Waals surface area contributed by atoms with E-state index in [1.165, 1.54) is 30.2 Å². The molecule has 2 aromatic rings. The normalized spacial score (nSPS) is 15.7. The molecule has 1 amide bonds. The number of hydrogen-bond acceptors (Lipinski definition) is 4. The number of anilines is 2. The van der Waals surface area contributed by atoms with Crippen LogP contribution in [0.1, 0.15) is 64.0 Å². The number of carbonyl (C=O) groups is 2. The molecule has 5 nitrogen and oxygen atoms in total. The topological polar surface area (TPSA) is 43.9 Å². The van der Waals surface area contributed by atoms with Crippen molar-refractivity contribution in [3.05, 3.63) is 59.7 Å². The van der Waals surface area contributed by atoms with E-state index in [4.69, 9.17) is 4.79 Å². The summed E-state index contributed by atoms with van der Waals surface area (Å²) in [6.07, 6.45) is 6.88. The number of benzene rings is 2. The minimum atomic E-state index is 0.293. The van der Waals surface area contributed by atoms with Crippen molar-refractivity contribution in [2.45, 2.75) is 66.2 Å². The lowest BCUT2D eigenvalue weighted by Gasteiger charge is -2.36. The molecule has 0 radical (unpaired) electrons. The molecule has 4 rings (SSSR count). The van der Waals surface area contributed by atoms with Gasteiger partial charge in [0.15, 0.2) is 0 Å². The van der Waals surface area contributed by atoms with Gasteiger partial charge in [-0.3, -0.25) is 9.69 Å². The van der Waals surface area contributed by atoms with Crippen molar-refractivity contribution in [3.63, 3.8) is 0 Å². The van der Waals surface area contributed by atoms with Gasteiger partial charge in [-0.15, -0.1) is 0 Å². The smallest absolute Gasteiger partial charge is 0.226 e. The molecule has 35 heavy (non-hydrogen) atoms. The van der Waals surface area contributed by atoms with Crippen LogP contribution >= 0.6 is 0 Å². The van der Waals surface area contributed by atoms with E-state index in [0.717, 1.165) is 76.9 Å². The van der Waals surface area contributed by atoms with Crippen molar-refractivity contribution in [1.82, 2.24) is 4.90 Å². The predicted molar refractivity (Wildman–Crippen MR) is 149 cm³/mol. The molecule has 1 saturated heterocycles. The highest BCUT2D eigenvalue weighted by molar-refractivity contribution is 5.94. The molecule has 0 bridgehead atoms. The minimum Gasteiger partial charge on any atom is -0.369 e. The molecule has 0 atom stereocenters. The lowest BCUT2D eigenvalue weighted by molar-refractivity contribution is -0.118. The third-order valence-electron chi connectivity index (χ3n) is 6.27.